The molecule has 2 aromatic heterocycles. The van der Waals surface area contributed by atoms with E-state index in [1.807, 2.05) is 11.4 Å². The van der Waals surface area contributed by atoms with Crippen molar-refractivity contribution >= 4 is 33.4 Å². The van der Waals surface area contributed by atoms with Crippen LogP contribution in [-0.4, -0.2) is 96.8 Å². The Hall–Kier alpha value is -4.60. The van der Waals surface area contributed by atoms with Gasteiger partial charge in [-0.15, -0.1) is 21.5 Å². The number of thiophene rings is 1. The van der Waals surface area contributed by atoms with Gasteiger partial charge in [-0.1, -0.05) is 18.7 Å². The molecule has 2 aromatic carbocycles. The first kappa shape index (κ1) is 35.2. The number of hydrogen-bond donors (Lipinski definition) is 1. The number of aromatic nitrogens is 2. The molecule has 0 aliphatic carbocycles. The zero-order valence-electron chi connectivity index (χ0n) is 27.2. The molecular weight excluding hydrogens is 678 g/mol. The maximum atomic E-state index is 14.3. The number of nitrogens with one attached hydrogen (secondary N) is 1. The van der Waals surface area contributed by atoms with E-state index in [1.54, 1.807) is 6.07 Å². The number of halogens is 4. The molecule has 0 spiro atoms. The zero-order chi connectivity index (χ0) is 35.5. The minimum atomic E-state index is -4.88. The monoisotopic (exact) mass is 713 g/mol. The van der Waals surface area contributed by atoms with Crippen LogP contribution in [0.1, 0.15) is 17.5 Å². The van der Waals surface area contributed by atoms with Gasteiger partial charge in [0.15, 0.2) is 0 Å². The molecule has 1 saturated heterocycles. The van der Waals surface area contributed by atoms with Gasteiger partial charge in [0.1, 0.15) is 29.6 Å². The molecule has 4 aromatic rings. The summed E-state index contributed by atoms with van der Waals surface area (Å²) in [5.41, 5.74) is 2.64. The third kappa shape index (κ3) is 7.44. The number of benzene rings is 2. The quantitative estimate of drug-likeness (QED) is 0.115. The highest BCUT2D eigenvalue weighted by Gasteiger charge is 2.62. The number of likely N-dealkylation sites (N-methyl/N-ethyl adjacent to an activating group) is 1. The summed E-state index contributed by atoms with van der Waals surface area (Å²) in [7, 11) is 2.11. The number of alkyl carbamates (subject to hydrolysis) is 1. The molecule has 15 heteroatoms. The molecule has 1 atom stereocenters. The number of fused-ring (bicyclic) bond motifs is 2. The Labute approximate surface area is 289 Å². The number of ether oxygens (including phenoxy) is 3. The molecular formula is C35H35F4N5O5S. The molecule has 2 aliphatic heterocycles. The predicted molar refractivity (Wildman–Crippen MR) is 179 cm³/mol. The van der Waals surface area contributed by atoms with Crippen molar-refractivity contribution in [2.45, 2.75) is 31.2 Å². The van der Waals surface area contributed by atoms with E-state index in [4.69, 9.17) is 14.2 Å². The van der Waals surface area contributed by atoms with E-state index >= 15 is 0 Å². The van der Waals surface area contributed by atoms with Gasteiger partial charge in [-0.3, -0.25) is 4.79 Å². The van der Waals surface area contributed by atoms with Crippen LogP contribution in [0.3, 0.4) is 0 Å². The normalized spacial score (nSPS) is 17.8. The second kappa shape index (κ2) is 14.7. The van der Waals surface area contributed by atoms with Crippen LogP contribution in [0.5, 0.6) is 5.75 Å². The van der Waals surface area contributed by atoms with Crippen molar-refractivity contribution in [2.24, 2.45) is 0 Å². The molecule has 10 nitrogen and oxygen atoms in total. The Balaban J connectivity index is 1.04. The summed E-state index contributed by atoms with van der Waals surface area (Å²) in [6.07, 6.45) is -4.88. The van der Waals surface area contributed by atoms with Gasteiger partial charge in [-0.05, 0) is 60.3 Å². The highest BCUT2D eigenvalue weighted by atomic mass is 32.1. The topological polar surface area (TPSA) is 106 Å². The first-order valence-corrected chi connectivity index (χ1v) is 16.9. The molecule has 2 aliphatic rings. The summed E-state index contributed by atoms with van der Waals surface area (Å²) in [5.74, 6) is -0.945. The van der Waals surface area contributed by atoms with Gasteiger partial charge >= 0.3 is 12.3 Å². The lowest BCUT2D eigenvalue weighted by molar-refractivity contribution is -0.252. The summed E-state index contributed by atoms with van der Waals surface area (Å²) in [4.78, 5) is 27.2. The number of alkyl halides is 3. The van der Waals surface area contributed by atoms with Crippen LogP contribution in [0.2, 0.25) is 0 Å². The van der Waals surface area contributed by atoms with E-state index in [2.05, 4.69) is 52.2 Å². The lowest BCUT2D eigenvalue weighted by Gasteiger charge is -2.31. The number of rotatable bonds is 11. The second-order valence-electron chi connectivity index (χ2n) is 12.2. The minimum Gasteiger partial charge on any atom is -0.490 e. The zero-order valence-corrected chi connectivity index (χ0v) is 28.0. The molecule has 1 unspecified atom stereocenters. The highest BCUT2D eigenvalue weighted by molar-refractivity contribution is 7.17. The summed E-state index contributed by atoms with van der Waals surface area (Å²) >= 11 is 1.50. The number of likely N-dealkylation sites (tertiary alicyclic amines) is 1. The number of hydrogen-bond acceptors (Lipinski definition) is 9. The van der Waals surface area contributed by atoms with Gasteiger partial charge in [-0.25, -0.2) is 9.18 Å². The molecule has 6 rings (SSSR count). The molecule has 4 heterocycles. The molecule has 0 saturated carbocycles. The third-order valence-electron chi connectivity index (χ3n) is 8.79. The van der Waals surface area contributed by atoms with Gasteiger partial charge in [-0.2, -0.15) is 13.2 Å². The van der Waals surface area contributed by atoms with Crippen LogP contribution >= 0.6 is 11.3 Å². The largest absolute Gasteiger partial charge is 0.490 e. The van der Waals surface area contributed by atoms with Crippen molar-refractivity contribution in [2.75, 3.05) is 53.0 Å². The van der Waals surface area contributed by atoms with Crippen molar-refractivity contribution in [1.29, 1.82) is 0 Å². The van der Waals surface area contributed by atoms with Crippen molar-refractivity contribution in [3.63, 3.8) is 0 Å². The fraction of sp³-hybridized carbons (Fsp3) is 0.371. The van der Waals surface area contributed by atoms with E-state index in [1.165, 1.54) is 34.6 Å². The molecule has 1 fully saturated rings. The van der Waals surface area contributed by atoms with Crippen LogP contribution in [0.25, 0.3) is 32.6 Å². The first-order valence-electron chi connectivity index (χ1n) is 16.0. The average molecular weight is 714 g/mol. The predicted octanol–water partition coefficient (Wildman–Crippen LogP) is 5.99. The van der Waals surface area contributed by atoms with Crippen LogP contribution < -0.4 is 10.1 Å². The lowest BCUT2D eigenvalue weighted by Crippen LogP contribution is -2.53. The van der Waals surface area contributed by atoms with E-state index in [0.717, 1.165) is 51.8 Å². The van der Waals surface area contributed by atoms with E-state index < -0.39 is 42.6 Å². The molecule has 2 amide bonds. The molecule has 0 bridgehead atoms. The van der Waals surface area contributed by atoms with Gasteiger partial charge in [0.05, 0.1) is 24.5 Å². The molecule has 50 heavy (non-hydrogen) atoms. The fourth-order valence-electron chi connectivity index (χ4n) is 6.14. The van der Waals surface area contributed by atoms with Crippen LogP contribution in [0.15, 0.2) is 60.5 Å². The Morgan fingerprint density at radius 2 is 1.88 bits per heavy atom. The minimum absolute atomic E-state index is 0.00859. The second-order valence-corrected chi connectivity index (χ2v) is 13.1. The molecule has 264 valence electrons. The Morgan fingerprint density at radius 1 is 1.06 bits per heavy atom. The van der Waals surface area contributed by atoms with Crippen LogP contribution in [-0.2, 0) is 27.2 Å². The maximum absolute atomic E-state index is 14.3. The highest BCUT2D eigenvalue weighted by Crippen LogP contribution is 2.42. The fourth-order valence-corrected chi connectivity index (χ4v) is 7.04. The summed E-state index contributed by atoms with van der Waals surface area (Å²) in [6.45, 7) is 3.98. The van der Waals surface area contributed by atoms with E-state index in [-0.39, 0.29) is 38.7 Å². The number of nitrogens with zero attached hydrogens (tertiary/aromatic N) is 4. The van der Waals surface area contributed by atoms with Gasteiger partial charge in [0.2, 0.25) is 11.5 Å². The first-order chi connectivity index (χ1) is 24.0. The average Bonchev–Trinajstić information content (AvgIpc) is 3.76. The number of carbonyl (C=O) groups excluding carboxylic acids is 2. The van der Waals surface area contributed by atoms with Crippen molar-refractivity contribution in [1.82, 2.24) is 25.3 Å². The van der Waals surface area contributed by atoms with E-state index in [0.29, 0.717) is 11.3 Å². The van der Waals surface area contributed by atoms with Gasteiger partial charge < -0.3 is 29.3 Å². The van der Waals surface area contributed by atoms with Crippen LogP contribution in [0, 0.1) is 5.82 Å². The standard InChI is InChI=1S/C35H35F4N5O5S/c1-3-29(45)44-13-10-34(21-44,35(37,38)39)49-33(46)40-11-14-47-15-16-48-28-19-25(36)6-7-26(28)31-32-27(9-17-50-32)30(41-42-31)23-4-5-24-20-43(2)12-8-22(24)18-23/h3-7,9,17-19H,1,8,10-16,20-21H2,2H3,(H,40,46). The number of carbonyl (C=O) groups is 2. The van der Waals surface area contributed by atoms with Crippen LogP contribution in [0.4, 0.5) is 22.4 Å². The maximum Gasteiger partial charge on any atom is 0.430 e. The van der Waals surface area contributed by atoms with Crippen molar-refractivity contribution in [3.05, 3.63) is 77.4 Å². The Kier molecular flexibility index (Phi) is 10.4. The summed E-state index contributed by atoms with van der Waals surface area (Å²) < 4.78 is 72.8. The summed E-state index contributed by atoms with van der Waals surface area (Å²) in [6, 6.07) is 12.6. The van der Waals surface area contributed by atoms with Crippen molar-refractivity contribution < 1.29 is 41.4 Å². The SMILES string of the molecule is C=CC(=O)N1CCC(OC(=O)NCCOCCOc2cc(F)ccc2-c2nnc(-c3ccc4c(c3)CCN(C)C4)c3ccsc23)(C(F)(F)F)C1. The number of amides is 2. The molecule has 0 radical (unpaired) electrons. The van der Waals surface area contributed by atoms with Gasteiger partial charge in [0, 0.05) is 55.2 Å². The Bertz CT molecular complexity index is 1900. The summed E-state index contributed by atoms with van der Waals surface area (Å²) in [5, 5.41) is 14.3. The lowest BCUT2D eigenvalue weighted by atomic mass is 9.95. The third-order valence-corrected chi connectivity index (χ3v) is 9.71. The van der Waals surface area contributed by atoms with E-state index in [9.17, 15) is 27.2 Å². The van der Waals surface area contributed by atoms with Crippen molar-refractivity contribution in [3.8, 4) is 28.3 Å². The molecule has 1 N–H and O–H groups in total. The smallest absolute Gasteiger partial charge is 0.430 e. The Morgan fingerprint density at radius 3 is 2.68 bits per heavy atom. The van der Waals surface area contributed by atoms with Gasteiger partial charge in [0.25, 0.3) is 0 Å².